The second-order valence-corrected chi connectivity index (χ2v) is 5.28. The third-order valence-electron chi connectivity index (χ3n) is 3.48. The first kappa shape index (κ1) is 13.4. The first-order chi connectivity index (χ1) is 8.65. The van der Waals surface area contributed by atoms with Crippen LogP contribution in [-0.2, 0) is 4.74 Å². The van der Waals surface area contributed by atoms with Gasteiger partial charge >= 0.3 is 0 Å². The predicted molar refractivity (Wildman–Crippen MR) is 76.1 cm³/mol. The highest BCUT2D eigenvalue weighted by Gasteiger charge is 2.22. The highest BCUT2D eigenvalue weighted by atomic mass is 16.5. The summed E-state index contributed by atoms with van der Waals surface area (Å²) in [6.45, 7) is 10.5. The fourth-order valence-corrected chi connectivity index (χ4v) is 2.38. The van der Waals surface area contributed by atoms with Crippen molar-refractivity contribution in [2.75, 3.05) is 31.6 Å². The summed E-state index contributed by atoms with van der Waals surface area (Å²) in [4.78, 5) is 2.50. The second-order valence-electron chi connectivity index (χ2n) is 5.28. The molecule has 0 aliphatic carbocycles. The van der Waals surface area contributed by atoms with Gasteiger partial charge in [-0.2, -0.15) is 0 Å². The number of anilines is 1. The van der Waals surface area contributed by atoms with Gasteiger partial charge in [0.25, 0.3) is 0 Å². The minimum atomic E-state index is 0.361. The Morgan fingerprint density at radius 3 is 3.00 bits per heavy atom. The van der Waals surface area contributed by atoms with E-state index in [1.807, 2.05) is 0 Å². The minimum Gasteiger partial charge on any atom is -0.384 e. The molecule has 0 spiro atoms. The molecule has 100 valence electrons. The van der Waals surface area contributed by atoms with Gasteiger partial charge in [0.15, 0.2) is 0 Å². The van der Waals surface area contributed by atoms with Crippen LogP contribution in [0, 0.1) is 6.92 Å². The Morgan fingerprint density at radius 2 is 2.22 bits per heavy atom. The van der Waals surface area contributed by atoms with Crippen molar-refractivity contribution in [3.8, 4) is 0 Å². The summed E-state index contributed by atoms with van der Waals surface area (Å²) < 4.78 is 5.64. The van der Waals surface area contributed by atoms with Crippen molar-refractivity contribution in [3.05, 3.63) is 29.8 Å². The maximum atomic E-state index is 5.64. The molecule has 2 unspecified atom stereocenters. The molecule has 1 saturated heterocycles. The SMILES string of the molecule is Cc1cccc(NCCN2CC(C)OCC2C)c1. The molecule has 1 heterocycles. The van der Waals surface area contributed by atoms with Gasteiger partial charge in [0.2, 0.25) is 0 Å². The van der Waals surface area contributed by atoms with E-state index in [0.717, 1.165) is 26.2 Å². The Morgan fingerprint density at radius 1 is 1.39 bits per heavy atom. The maximum Gasteiger partial charge on any atom is 0.0674 e. The van der Waals surface area contributed by atoms with Gasteiger partial charge < -0.3 is 10.1 Å². The van der Waals surface area contributed by atoms with E-state index in [0.29, 0.717) is 12.1 Å². The Balaban J connectivity index is 1.77. The Labute approximate surface area is 110 Å². The van der Waals surface area contributed by atoms with Crippen molar-refractivity contribution >= 4 is 5.69 Å². The van der Waals surface area contributed by atoms with E-state index in [1.54, 1.807) is 0 Å². The summed E-state index contributed by atoms with van der Waals surface area (Å²) in [6, 6.07) is 9.05. The molecular weight excluding hydrogens is 224 g/mol. The molecule has 3 heteroatoms. The summed E-state index contributed by atoms with van der Waals surface area (Å²) in [6.07, 6.45) is 0.361. The van der Waals surface area contributed by atoms with Crippen molar-refractivity contribution in [1.82, 2.24) is 4.90 Å². The zero-order chi connectivity index (χ0) is 13.0. The molecule has 2 atom stereocenters. The fraction of sp³-hybridized carbons (Fsp3) is 0.600. The molecule has 1 aliphatic heterocycles. The highest BCUT2D eigenvalue weighted by Crippen LogP contribution is 2.12. The second kappa shape index (κ2) is 6.21. The van der Waals surface area contributed by atoms with Crippen LogP contribution in [0.1, 0.15) is 19.4 Å². The summed E-state index contributed by atoms with van der Waals surface area (Å²) in [7, 11) is 0. The number of aryl methyl sites for hydroxylation is 1. The number of morpholine rings is 1. The summed E-state index contributed by atoms with van der Waals surface area (Å²) in [5, 5.41) is 3.49. The summed E-state index contributed by atoms with van der Waals surface area (Å²) in [5.74, 6) is 0. The van der Waals surface area contributed by atoms with Crippen LogP contribution in [0.4, 0.5) is 5.69 Å². The van der Waals surface area contributed by atoms with E-state index in [4.69, 9.17) is 4.74 Å². The molecule has 3 nitrogen and oxygen atoms in total. The minimum absolute atomic E-state index is 0.361. The lowest BCUT2D eigenvalue weighted by molar-refractivity contribution is -0.0476. The lowest BCUT2D eigenvalue weighted by atomic mass is 10.2. The largest absolute Gasteiger partial charge is 0.384 e. The van der Waals surface area contributed by atoms with Crippen molar-refractivity contribution in [1.29, 1.82) is 0 Å². The first-order valence-electron chi connectivity index (χ1n) is 6.81. The van der Waals surface area contributed by atoms with Crippen LogP contribution >= 0.6 is 0 Å². The van der Waals surface area contributed by atoms with Gasteiger partial charge in [-0.25, -0.2) is 0 Å². The van der Waals surface area contributed by atoms with E-state index < -0.39 is 0 Å². The van der Waals surface area contributed by atoms with E-state index >= 15 is 0 Å². The van der Waals surface area contributed by atoms with Gasteiger partial charge in [-0.15, -0.1) is 0 Å². The van der Waals surface area contributed by atoms with E-state index in [-0.39, 0.29) is 0 Å². The average molecular weight is 248 g/mol. The molecular formula is C15H24N2O. The number of rotatable bonds is 4. The van der Waals surface area contributed by atoms with Gasteiger partial charge in [-0.3, -0.25) is 4.90 Å². The van der Waals surface area contributed by atoms with Crippen molar-refractivity contribution in [3.63, 3.8) is 0 Å². The number of hydrogen-bond donors (Lipinski definition) is 1. The quantitative estimate of drug-likeness (QED) is 0.886. The van der Waals surface area contributed by atoms with Crippen molar-refractivity contribution in [2.45, 2.75) is 32.9 Å². The Kier molecular flexibility index (Phi) is 4.61. The lowest BCUT2D eigenvalue weighted by Crippen LogP contribution is -2.48. The third kappa shape index (κ3) is 3.72. The van der Waals surface area contributed by atoms with E-state index in [2.05, 4.69) is 55.3 Å². The molecule has 1 N–H and O–H groups in total. The number of benzene rings is 1. The topological polar surface area (TPSA) is 24.5 Å². The number of nitrogens with one attached hydrogen (secondary N) is 1. The van der Waals surface area contributed by atoms with Crippen LogP contribution in [0.2, 0.25) is 0 Å². The Hall–Kier alpha value is -1.06. The van der Waals surface area contributed by atoms with E-state index in [1.165, 1.54) is 11.3 Å². The van der Waals surface area contributed by atoms with Crippen LogP contribution in [0.5, 0.6) is 0 Å². The molecule has 1 fully saturated rings. The molecule has 0 aromatic heterocycles. The first-order valence-corrected chi connectivity index (χ1v) is 6.81. The molecule has 1 aromatic carbocycles. The smallest absolute Gasteiger partial charge is 0.0674 e. The number of ether oxygens (including phenoxy) is 1. The van der Waals surface area contributed by atoms with Crippen LogP contribution in [-0.4, -0.2) is 43.3 Å². The molecule has 1 aromatic rings. The fourth-order valence-electron chi connectivity index (χ4n) is 2.38. The molecule has 0 bridgehead atoms. The molecule has 0 amide bonds. The molecule has 2 rings (SSSR count). The van der Waals surface area contributed by atoms with Gasteiger partial charge in [0, 0.05) is 31.4 Å². The normalized spacial score (nSPS) is 25.1. The zero-order valence-electron chi connectivity index (χ0n) is 11.6. The maximum absolute atomic E-state index is 5.64. The van der Waals surface area contributed by atoms with Crippen LogP contribution in [0.25, 0.3) is 0 Å². The molecule has 0 saturated carbocycles. The third-order valence-corrected chi connectivity index (χ3v) is 3.48. The monoisotopic (exact) mass is 248 g/mol. The van der Waals surface area contributed by atoms with Gasteiger partial charge in [0.1, 0.15) is 0 Å². The van der Waals surface area contributed by atoms with Crippen molar-refractivity contribution < 1.29 is 4.74 Å². The van der Waals surface area contributed by atoms with Crippen LogP contribution < -0.4 is 5.32 Å². The molecule has 18 heavy (non-hydrogen) atoms. The van der Waals surface area contributed by atoms with Gasteiger partial charge in [0.05, 0.1) is 12.7 Å². The lowest BCUT2D eigenvalue weighted by Gasteiger charge is -2.36. The van der Waals surface area contributed by atoms with Crippen molar-refractivity contribution in [2.24, 2.45) is 0 Å². The van der Waals surface area contributed by atoms with Crippen LogP contribution in [0.3, 0.4) is 0 Å². The predicted octanol–water partition coefficient (Wildman–Crippen LogP) is 2.52. The van der Waals surface area contributed by atoms with E-state index in [9.17, 15) is 0 Å². The summed E-state index contributed by atoms with van der Waals surface area (Å²) >= 11 is 0. The molecule has 0 radical (unpaired) electrons. The van der Waals surface area contributed by atoms with Gasteiger partial charge in [-0.05, 0) is 38.5 Å². The zero-order valence-corrected chi connectivity index (χ0v) is 11.6. The number of nitrogens with zero attached hydrogens (tertiary/aromatic N) is 1. The van der Waals surface area contributed by atoms with Crippen LogP contribution in [0.15, 0.2) is 24.3 Å². The standard InChI is InChI=1S/C15H24N2O/c1-12-5-4-6-15(9-12)16-7-8-17-10-14(3)18-11-13(17)2/h4-6,9,13-14,16H,7-8,10-11H2,1-3H3. The molecule has 1 aliphatic rings. The highest BCUT2D eigenvalue weighted by molar-refractivity contribution is 5.45. The number of hydrogen-bond acceptors (Lipinski definition) is 3. The average Bonchev–Trinajstić information content (AvgIpc) is 2.34. The summed E-state index contributed by atoms with van der Waals surface area (Å²) in [5.41, 5.74) is 2.51. The van der Waals surface area contributed by atoms with Gasteiger partial charge in [-0.1, -0.05) is 12.1 Å². The Bertz CT molecular complexity index is 381.